The van der Waals surface area contributed by atoms with Crippen molar-refractivity contribution in [2.24, 2.45) is 5.73 Å². The van der Waals surface area contributed by atoms with Crippen LogP contribution in [0.4, 0.5) is 0 Å². The molecule has 118 valence electrons. The van der Waals surface area contributed by atoms with E-state index >= 15 is 0 Å². The van der Waals surface area contributed by atoms with Gasteiger partial charge in [-0.1, -0.05) is 19.9 Å². The van der Waals surface area contributed by atoms with Crippen molar-refractivity contribution in [1.29, 1.82) is 0 Å². The summed E-state index contributed by atoms with van der Waals surface area (Å²) in [6.45, 7) is 7.80. The third-order valence-corrected chi connectivity index (χ3v) is 7.24. The first kappa shape index (κ1) is 16.8. The quantitative estimate of drug-likeness (QED) is 0.925. The molecule has 1 aromatic rings. The highest BCUT2D eigenvalue weighted by atomic mass is 32.2. The molecule has 6 heteroatoms. The molecule has 0 spiro atoms. The number of aryl methyl sites for hydroxylation is 1. The number of nitrogens with two attached hydrogens (primary N) is 1. The van der Waals surface area contributed by atoms with Crippen LogP contribution in [-0.4, -0.2) is 36.3 Å². The highest BCUT2D eigenvalue weighted by molar-refractivity contribution is 8.00. The van der Waals surface area contributed by atoms with Gasteiger partial charge in [-0.25, -0.2) is 8.42 Å². The molecule has 2 N–H and O–H groups in total. The Hall–Kier alpha value is -0.560. The van der Waals surface area contributed by atoms with Crippen LogP contribution in [0.2, 0.25) is 0 Å². The van der Waals surface area contributed by atoms with Crippen LogP contribution in [0, 0.1) is 6.92 Å². The smallest absolute Gasteiger partial charge is 0.243 e. The second-order valence-corrected chi connectivity index (χ2v) is 9.79. The highest BCUT2D eigenvalue weighted by Crippen LogP contribution is 2.32. The highest BCUT2D eigenvalue weighted by Gasteiger charge is 2.30. The maximum atomic E-state index is 12.8. The zero-order valence-corrected chi connectivity index (χ0v) is 14.6. The van der Waals surface area contributed by atoms with Gasteiger partial charge in [-0.2, -0.15) is 16.1 Å². The fraction of sp³-hybridized carbons (Fsp3) is 0.600. The third kappa shape index (κ3) is 3.80. The SMILES string of the molecule is Cc1ccc(S(=O)(=O)N2CCSC(C)(C)CC2)cc1CN. The summed E-state index contributed by atoms with van der Waals surface area (Å²) in [5.41, 5.74) is 7.61. The lowest BCUT2D eigenvalue weighted by molar-refractivity contribution is 0.415. The Morgan fingerprint density at radius 2 is 2.05 bits per heavy atom. The van der Waals surface area contributed by atoms with Crippen molar-refractivity contribution in [1.82, 2.24) is 4.31 Å². The van der Waals surface area contributed by atoms with Crippen LogP contribution in [0.1, 0.15) is 31.4 Å². The molecule has 0 aromatic heterocycles. The molecular formula is C15H24N2O2S2. The third-order valence-electron chi connectivity index (χ3n) is 3.98. The first-order valence-electron chi connectivity index (χ1n) is 7.20. The molecule has 2 rings (SSSR count). The molecule has 0 atom stereocenters. The summed E-state index contributed by atoms with van der Waals surface area (Å²) in [6.07, 6.45) is 0.868. The van der Waals surface area contributed by atoms with E-state index in [0.29, 0.717) is 24.5 Å². The van der Waals surface area contributed by atoms with Crippen molar-refractivity contribution >= 4 is 21.8 Å². The van der Waals surface area contributed by atoms with Gasteiger partial charge in [-0.15, -0.1) is 0 Å². The van der Waals surface area contributed by atoms with Crippen LogP contribution in [0.5, 0.6) is 0 Å². The molecule has 0 amide bonds. The predicted octanol–water partition coefficient (Wildman–Crippen LogP) is 2.36. The molecule has 1 heterocycles. The predicted molar refractivity (Wildman–Crippen MR) is 89.0 cm³/mol. The average molecular weight is 329 g/mol. The Morgan fingerprint density at radius 3 is 2.71 bits per heavy atom. The van der Waals surface area contributed by atoms with Gasteiger partial charge in [0.25, 0.3) is 0 Å². The van der Waals surface area contributed by atoms with Crippen LogP contribution in [0.25, 0.3) is 0 Å². The number of nitrogens with zero attached hydrogens (tertiary/aromatic N) is 1. The van der Waals surface area contributed by atoms with Gasteiger partial charge in [-0.3, -0.25) is 0 Å². The summed E-state index contributed by atoms with van der Waals surface area (Å²) < 4.78 is 27.4. The van der Waals surface area contributed by atoms with E-state index in [4.69, 9.17) is 5.73 Å². The van der Waals surface area contributed by atoms with E-state index in [0.717, 1.165) is 23.3 Å². The summed E-state index contributed by atoms with van der Waals surface area (Å²) in [4.78, 5) is 0.359. The van der Waals surface area contributed by atoms with Gasteiger partial charge in [0.2, 0.25) is 10.0 Å². The molecule has 21 heavy (non-hydrogen) atoms. The molecule has 0 unspecified atom stereocenters. The molecule has 1 aliphatic rings. The van der Waals surface area contributed by atoms with Gasteiger partial charge < -0.3 is 5.73 Å². The second-order valence-electron chi connectivity index (χ2n) is 6.05. The number of rotatable bonds is 3. The fourth-order valence-corrected chi connectivity index (χ4v) is 5.13. The van der Waals surface area contributed by atoms with Gasteiger partial charge >= 0.3 is 0 Å². The van der Waals surface area contributed by atoms with Crippen molar-refractivity contribution in [2.75, 3.05) is 18.8 Å². The first-order chi connectivity index (χ1) is 9.76. The maximum absolute atomic E-state index is 12.8. The van der Waals surface area contributed by atoms with E-state index < -0.39 is 10.0 Å². The van der Waals surface area contributed by atoms with Crippen LogP contribution in [0.3, 0.4) is 0 Å². The summed E-state index contributed by atoms with van der Waals surface area (Å²) in [5, 5.41) is 0. The van der Waals surface area contributed by atoms with E-state index in [9.17, 15) is 8.42 Å². The molecule has 0 radical (unpaired) electrons. The second kappa shape index (κ2) is 6.28. The Morgan fingerprint density at radius 1 is 1.33 bits per heavy atom. The molecule has 1 aromatic carbocycles. The molecule has 1 saturated heterocycles. The number of hydrogen-bond donors (Lipinski definition) is 1. The summed E-state index contributed by atoms with van der Waals surface area (Å²) >= 11 is 1.84. The fourth-order valence-electron chi connectivity index (χ4n) is 2.42. The van der Waals surface area contributed by atoms with Crippen molar-refractivity contribution in [2.45, 2.75) is 43.4 Å². The molecule has 4 nitrogen and oxygen atoms in total. The number of benzene rings is 1. The molecule has 0 saturated carbocycles. The molecular weight excluding hydrogens is 304 g/mol. The maximum Gasteiger partial charge on any atom is 0.243 e. The van der Waals surface area contributed by atoms with Gasteiger partial charge in [0.15, 0.2) is 0 Å². The zero-order chi connectivity index (χ0) is 15.7. The topological polar surface area (TPSA) is 63.4 Å². The van der Waals surface area contributed by atoms with Crippen LogP contribution >= 0.6 is 11.8 Å². The Labute approximate surface area is 132 Å². The number of thioether (sulfide) groups is 1. The van der Waals surface area contributed by atoms with Crippen molar-refractivity contribution < 1.29 is 8.42 Å². The summed E-state index contributed by atoms with van der Waals surface area (Å²) in [7, 11) is -3.42. The lowest BCUT2D eigenvalue weighted by Gasteiger charge is -2.22. The molecule has 1 aliphatic heterocycles. The van der Waals surface area contributed by atoms with E-state index in [-0.39, 0.29) is 4.75 Å². The van der Waals surface area contributed by atoms with E-state index in [1.54, 1.807) is 16.4 Å². The van der Waals surface area contributed by atoms with Gasteiger partial charge in [0.05, 0.1) is 4.90 Å². The van der Waals surface area contributed by atoms with Gasteiger partial charge in [0, 0.05) is 30.1 Å². The standard InChI is InChI=1S/C15H24N2O2S2/c1-12-4-5-14(10-13(12)11-16)21(18,19)17-7-6-15(2,3)20-9-8-17/h4-5,10H,6-9,11,16H2,1-3H3. The number of sulfonamides is 1. The first-order valence-corrected chi connectivity index (χ1v) is 9.62. The molecule has 0 aliphatic carbocycles. The Bertz CT molecular complexity index is 612. The van der Waals surface area contributed by atoms with Crippen molar-refractivity contribution in [3.05, 3.63) is 29.3 Å². The normalized spacial score (nSPS) is 20.2. The van der Waals surface area contributed by atoms with Crippen LogP contribution in [-0.2, 0) is 16.6 Å². The monoisotopic (exact) mass is 328 g/mol. The number of hydrogen-bond acceptors (Lipinski definition) is 4. The Kier molecular flexibility index (Phi) is 5.03. The summed E-state index contributed by atoms with van der Waals surface area (Å²) in [5.74, 6) is 0.835. The Balaban J connectivity index is 2.29. The minimum atomic E-state index is -3.42. The minimum absolute atomic E-state index is 0.139. The molecule has 1 fully saturated rings. The molecule has 0 bridgehead atoms. The summed E-state index contributed by atoms with van der Waals surface area (Å²) in [6, 6.07) is 5.24. The van der Waals surface area contributed by atoms with Crippen LogP contribution < -0.4 is 5.73 Å². The van der Waals surface area contributed by atoms with Crippen LogP contribution in [0.15, 0.2) is 23.1 Å². The van der Waals surface area contributed by atoms with E-state index in [2.05, 4.69) is 13.8 Å². The van der Waals surface area contributed by atoms with E-state index in [1.807, 2.05) is 24.8 Å². The van der Waals surface area contributed by atoms with E-state index in [1.165, 1.54) is 0 Å². The lowest BCUT2D eigenvalue weighted by Crippen LogP contribution is -2.33. The largest absolute Gasteiger partial charge is 0.326 e. The minimum Gasteiger partial charge on any atom is -0.326 e. The van der Waals surface area contributed by atoms with Gasteiger partial charge in [0.1, 0.15) is 0 Å². The lowest BCUT2D eigenvalue weighted by atomic mass is 10.1. The zero-order valence-electron chi connectivity index (χ0n) is 12.9. The van der Waals surface area contributed by atoms with Crippen molar-refractivity contribution in [3.8, 4) is 0 Å². The van der Waals surface area contributed by atoms with Crippen molar-refractivity contribution in [3.63, 3.8) is 0 Å². The average Bonchev–Trinajstić information content (AvgIpc) is 2.60. The van der Waals surface area contributed by atoms with Gasteiger partial charge in [-0.05, 0) is 36.6 Å².